The van der Waals surface area contributed by atoms with Crippen molar-refractivity contribution in [3.05, 3.63) is 33.8 Å². The Bertz CT molecular complexity index is 790. The van der Waals surface area contributed by atoms with Crippen LogP contribution in [-0.2, 0) is 15.0 Å². The lowest BCUT2D eigenvalue weighted by atomic mass is 9.86. The number of halogens is 1. The largest absolute Gasteiger partial charge is 0.351 e. The fraction of sp³-hybridized carbons (Fsp3) is 0.526. The number of carbonyl (C=O) groups is 3. The van der Waals surface area contributed by atoms with Crippen LogP contribution in [0.3, 0.4) is 0 Å². The van der Waals surface area contributed by atoms with Gasteiger partial charge in [-0.2, -0.15) is 0 Å². The lowest BCUT2D eigenvalue weighted by Gasteiger charge is -2.35. The van der Waals surface area contributed by atoms with E-state index in [1.807, 2.05) is 18.2 Å². The van der Waals surface area contributed by atoms with Crippen LogP contribution in [0.1, 0.15) is 41.6 Å². The SMILES string of the molecule is CN1CCC(NC(=O)CN2CC3(CC3)c3cc(Br)ccc3C2=O)CC1=O. The normalized spacial score (nSPS) is 23.8. The lowest BCUT2D eigenvalue weighted by molar-refractivity contribution is -0.133. The minimum atomic E-state index is -0.183. The Balaban J connectivity index is 1.44. The summed E-state index contributed by atoms with van der Waals surface area (Å²) in [7, 11) is 1.78. The first-order chi connectivity index (χ1) is 12.4. The molecule has 1 unspecified atom stereocenters. The van der Waals surface area contributed by atoms with E-state index in [0.717, 1.165) is 29.3 Å². The second-order valence-electron chi connectivity index (χ2n) is 7.70. The Labute approximate surface area is 161 Å². The molecule has 3 aliphatic rings. The van der Waals surface area contributed by atoms with Gasteiger partial charge in [0.15, 0.2) is 0 Å². The van der Waals surface area contributed by atoms with Gasteiger partial charge in [-0.25, -0.2) is 0 Å². The van der Waals surface area contributed by atoms with E-state index >= 15 is 0 Å². The minimum absolute atomic E-state index is 0.0107. The van der Waals surface area contributed by atoms with Crippen LogP contribution in [0.15, 0.2) is 22.7 Å². The molecule has 0 aromatic heterocycles. The number of rotatable bonds is 3. The Kier molecular flexibility index (Phi) is 4.29. The molecule has 0 radical (unpaired) electrons. The number of benzene rings is 1. The van der Waals surface area contributed by atoms with Crippen LogP contribution in [0.25, 0.3) is 0 Å². The van der Waals surface area contributed by atoms with E-state index in [2.05, 4.69) is 21.2 Å². The highest BCUT2D eigenvalue weighted by atomic mass is 79.9. The number of hydrogen-bond donors (Lipinski definition) is 1. The zero-order valence-electron chi connectivity index (χ0n) is 14.8. The van der Waals surface area contributed by atoms with Gasteiger partial charge in [-0.05, 0) is 43.0 Å². The van der Waals surface area contributed by atoms with Crippen molar-refractivity contribution in [3.63, 3.8) is 0 Å². The van der Waals surface area contributed by atoms with E-state index in [-0.39, 0.29) is 35.7 Å². The Morgan fingerprint density at radius 1 is 1.35 bits per heavy atom. The van der Waals surface area contributed by atoms with Crippen LogP contribution in [-0.4, -0.2) is 60.2 Å². The van der Waals surface area contributed by atoms with Gasteiger partial charge in [0.2, 0.25) is 11.8 Å². The average molecular weight is 420 g/mol. The van der Waals surface area contributed by atoms with Gasteiger partial charge >= 0.3 is 0 Å². The Morgan fingerprint density at radius 2 is 2.12 bits per heavy atom. The third kappa shape index (κ3) is 3.13. The number of amides is 3. The summed E-state index contributed by atoms with van der Waals surface area (Å²) in [4.78, 5) is 40.4. The highest BCUT2D eigenvalue weighted by Gasteiger charge is 2.51. The molecule has 2 heterocycles. The molecule has 6 nitrogen and oxygen atoms in total. The fourth-order valence-electron chi connectivity index (χ4n) is 4.05. The third-order valence-electron chi connectivity index (χ3n) is 5.78. The monoisotopic (exact) mass is 419 g/mol. The molecule has 1 aromatic carbocycles. The van der Waals surface area contributed by atoms with Crippen molar-refractivity contribution < 1.29 is 14.4 Å². The quantitative estimate of drug-likeness (QED) is 0.809. The second kappa shape index (κ2) is 6.37. The number of fused-ring (bicyclic) bond motifs is 2. The highest BCUT2D eigenvalue weighted by molar-refractivity contribution is 9.10. The summed E-state index contributed by atoms with van der Waals surface area (Å²) in [6.07, 6.45) is 3.18. The predicted molar refractivity (Wildman–Crippen MR) is 99.8 cm³/mol. The Hall–Kier alpha value is -1.89. The van der Waals surface area contributed by atoms with Gasteiger partial charge in [0.1, 0.15) is 0 Å². The summed E-state index contributed by atoms with van der Waals surface area (Å²) in [5.74, 6) is -0.219. The molecular weight excluding hydrogens is 398 g/mol. The van der Waals surface area contributed by atoms with Crippen molar-refractivity contribution >= 4 is 33.7 Å². The molecule has 1 spiro atoms. The van der Waals surface area contributed by atoms with Gasteiger partial charge in [0.25, 0.3) is 5.91 Å². The van der Waals surface area contributed by atoms with E-state index in [1.165, 1.54) is 0 Å². The molecule has 1 saturated heterocycles. The number of hydrogen-bond acceptors (Lipinski definition) is 3. The van der Waals surface area contributed by atoms with E-state index in [0.29, 0.717) is 25.1 Å². The molecule has 1 saturated carbocycles. The van der Waals surface area contributed by atoms with Crippen molar-refractivity contribution in [2.45, 2.75) is 37.1 Å². The van der Waals surface area contributed by atoms with Crippen molar-refractivity contribution in [3.8, 4) is 0 Å². The predicted octanol–water partition coefficient (Wildman–Crippen LogP) is 1.67. The first-order valence-electron chi connectivity index (χ1n) is 9.01. The molecule has 1 N–H and O–H groups in total. The maximum atomic E-state index is 12.8. The van der Waals surface area contributed by atoms with Crippen LogP contribution in [0.2, 0.25) is 0 Å². The van der Waals surface area contributed by atoms with E-state index in [4.69, 9.17) is 0 Å². The van der Waals surface area contributed by atoms with Crippen LogP contribution < -0.4 is 5.32 Å². The van der Waals surface area contributed by atoms with Gasteiger partial charge in [0, 0.05) is 48.1 Å². The maximum absolute atomic E-state index is 12.8. The van der Waals surface area contributed by atoms with E-state index < -0.39 is 0 Å². The summed E-state index contributed by atoms with van der Waals surface area (Å²) >= 11 is 3.49. The van der Waals surface area contributed by atoms with Crippen molar-refractivity contribution in [1.82, 2.24) is 15.1 Å². The molecule has 0 bridgehead atoms. The van der Waals surface area contributed by atoms with E-state index in [9.17, 15) is 14.4 Å². The summed E-state index contributed by atoms with van der Waals surface area (Å²) < 4.78 is 0.980. The number of carbonyl (C=O) groups excluding carboxylic acids is 3. The molecule has 1 atom stereocenters. The zero-order chi connectivity index (χ0) is 18.5. The molecular formula is C19H22BrN3O3. The molecule has 1 aromatic rings. The standard InChI is InChI=1S/C19H22BrN3O3/c1-22-7-4-13(9-17(22)25)21-16(24)10-23-11-19(5-6-19)15-8-12(20)2-3-14(15)18(23)26/h2-3,8,13H,4-7,9-11H2,1H3,(H,21,24). The van der Waals surface area contributed by atoms with Crippen LogP contribution in [0, 0.1) is 0 Å². The third-order valence-corrected chi connectivity index (χ3v) is 6.27. The van der Waals surface area contributed by atoms with Gasteiger partial charge in [-0.3, -0.25) is 14.4 Å². The smallest absolute Gasteiger partial charge is 0.254 e. The Morgan fingerprint density at radius 3 is 2.81 bits per heavy atom. The molecule has 138 valence electrons. The summed E-state index contributed by atoms with van der Waals surface area (Å²) in [5.41, 5.74) is 1.82. The molecule has 2 aliphatic heterocycles. The fourth-order valence-corrected chi connectivity index (χ4v) is 4.41. The summed E-state index contributed by atoms with van der Waals surface area (Å²) in [6, 6.07) is 5.63. The molecule has 1 aliphatic carbocycles. The molecule has 26 heavy (non-hydrogen) atoms. The van der Waals surface area contributed by atoms with Crippen LogP contribution in [0.5, 0.6) is 0 Å². The summed E-state index contributed by atoms with van der Waals surface area (Å²) in [5, 5.41) is 2.93. The highest BCUT2D eigenvalue weighted by Crippen LogP contribution is 2.52. The van der Waals surface area contributed by atoms with Crippen LogP contribution >= 0.6 is 15.9 Å². The first kappa shape index (κ1) is 17.5. The summed E-state index contributed by atoms with van der Waals surface area (Å²) in [6.45, 7) is 1.30. The molecule has 7 heteroatoms. The maximum Gasteiger partial charge on any atom is 0.254 e. The van der Waals surface area contributed by atoms with Gasteiger partial charge < -0.3 is 15.1 Å². The van der Waals surface area contributed by atoms with Gasteiger partial charge in [0.05, 0.1) is 6.54 Å². The molecule has 4 rings (SSSR count). The lowest BCUT2D eigenvalue weighted by Crippen LogP contribution is -2.51. The number of nitrogens with zero attached hydrogens (tertiary/aromatic N) is 2. The number of likely N-dealkylation sites (tertiary alicyclic amines) is 1. The van der Waals surface area contributed by atoms with Gasteiger partial charge in [-0.1, -0.05) is 15.9 Å². The second-order valence-corrected chi connectivity index (χ2v) is 8.62. The van der Waals surface area contributed by atoms with Crippen molar-refractivity contribution in [1.29, 1.82) is 0 Å². The first-order valence-corrected chi connectivity index (χ1v) is 9.80. The van der Waals surface area contributed by atoms with Crippen molar-refractivity contribution in [2.75, 3.05) is 26.7 Å². The zero-order valence-corrected chi connectivity index (χ0v) is 16.3. The minimum Gasteiger partial charge on any atom is -0.351 e. The average Bonchev–Trinajstić information content (AvgIpc) is 3.36. The number of nitrogens with one attached hydrogen (secondary N) is 1. The van der Waals surface area contributed by atoms with Crippen molar-refractivity contribution in [2.24, 2.45) is 0 Å². The number of piperidine rings is 1. The molecule has 3 amide bonds. The van der Waals surface area contributed by atoms with E-state index in [1.54, 1.807) is 16.8 Å². The topological polar surface area (TPSA) is 69.7 Å². The molecule has 2 fully saturated rings. The van der Waals surface area contributed by atoms with Gasteiger partial charge in [-0.15, -0.1) is 0 Å². The van der Waals surface area contributed by atoms with Crippen LogP contribution in [0.4, 0.5) is 0 Å².